The van der Waals surface area contributed by atoms with Gasteiger partial charge in [-0.05, 0) is 35.7 Å². The number of ether oxygens (including phenoxy) is 1. The Morgan fingerprint density at radius 1 is 1.25 bits per heavy atom. The van der Waals surface area contributed by atoms with Crippen molar-refractivity contribution in [3.8, 4) is 16.5 Å². The third-order valence-corrected chi connectivity index (χ3v) is 5.25. The summed E-state index contributed by atoms with van der Waals surface area (Å²) < 4.78 is 45.9. The van der Waals surface area contributed by atoms with Crippen molar-refractivity contribution < 1.29 is 32.2 Å². The van der Waals surface area contributed by atoms with Gasteiger partial charge in [0, 0.05) is 16.3 Å². The van der Waals surface area contributed by atoms with E-state index in [4.69, 9.17) is 9.52 Å². The van der Waals surface area contributed by atoms with Crippen LogP contribution in [0.4, 0.5) is 24.9 Å². The quantitative estimate of drug-likeness (QED) is 0.481. The number of rotatable bonds is 8. The second-order valence-corrected chi connectivity index (χ2v) is 7.27. The number of carbonyl (C=O) groups is 1. The maximum absolute atomic E-state index is 12.2. The van der Waals surface area contributed by atoms with Gasteiger partial charge >= 0.3 is 18.3 Å². The fraction of sp³-hybridized carbons (Fsp3) is 0.188. The van der Waals surface area contributed by atoms with Crippen LogP contribution in [0.1, 0.15) is 6.42 Å². The number of alkyl halides is 3. The Kier molecular flexibility index (Phi) is 6.09. The van der Waals surface area contributed by atoms with Gasteiger partial charge in [-0.3, -0.25) is 4.79 Å². The topological polar surface area (TPSA) is 97.5 Å². The first-order valence-electron chi connectivity index (χ1n) is 7.69. The Morgan fingerprint density at radius 3 is 2.68 bits per heavy atom. The molecule has 0 saturated heterocycles. The first kappa shape index (κ1) is 20.0. The molecule has 12 heteroatoms. The van der Waals surface area contributed by atoms with Crippen molar-refractivity contribution >= 4 is 40.8 Å². The minimum Gasteiger partial charge on any atom is -0.481 e. The number of halogens is 3. The number of anilines is 2. The summed E-state index contributed by atoms with van der Waals surface area (Å²) in [6.07, 6.45) is -4.72. The van der Waals surface area contributed by atoms with E-state index in [9.17, 15) is 18.0 Å². The molecule has 0 aliphatic heterocycles. The zero-order valence-electron chi connectivity index (χ0n) is 13.9. The number of carboxylic acid groups (broad SMARTS) is 1. The predicted octanol–water partition coefficient (Wildman–Crippen LogP) is 5.01. The number of aromatic nitrogens is 2. The SMILES string of the molecule is O=C(O)CCSc1ccsc1-c1nnc(Nc2ccc(OC(F)(F)F)cc2)o1. The highest BCUT2D eigenvalue weighted by molar-refractivity contribution is 7.99. The van der Waals surface area contributed by atoms with Crippen molar-refractivity contribution in [1.29, 1.82) is 0 Å². The number of hydrogen-bond donors (Lipinski definition) is 2. The van der Waals surface area contributed by atoms with Gasteiger partial charge in [0.05, 0.1) is 6.42 Å². The summed E-state index contributed by atoms with van der Waals surface area (Å²) in [7, 11) is 0. The Labute approximate surface area is 164 Å². The van der Waals surface area contributed by atoms with Crippen molar-refractivity contribution in [1.82, 2.24) is 10.2 Å². The number of thioether (sulfide) groups is 1. The Morgan fingerprint density at radius 2 is 2.00 bits per heavy atom. The molecule has 0 aliphatic carbocycles. The van der Waals surface area contributed by atoms with Crippen LogP contribution >= 0.6 is 23.1 Å². The Balaban J connectivity index is 1.65. The number of nitrogens with one attached hydrogen (secondary N) is 1. The van der Waals surface area contributed by atoms with Crippen LogP contribution in [0.2, 0.25) is 0 Å². The lowest BCUT2D eigenvalue weighted by Gasteiger charge is -2.09. The molecule has 0 bridgehead atoms. The number of benzene rings is 1. The second-order valence-electron chi connectivity index (χ2n) is 5.22. The number of thiophene rings is 1. The van der Waals surface area contributed by atoms with E-state index in [0.717, 1.165) is 17.0 Å². The molecule has 28 heavy (non-hydrogen) atoms. The van der Waals surface area contributed by atoms with Gasteiger partial charge in [0.15, 0.2) is 0 Å². The molecule has 2 N–H and O–H groups in total. The van der Waals surface area contributed by atoms with E-state index in [-0.39, 0.29) is 24.1 Å². The lowest BCUT2D eigenvalue weighted by molar-refractivity contribution is -0.274. The van der Waals surface area contributed by atoms with Crippen molar-refractivity contribution in [3.05, 3.63) is 35.7 Å². The van der Waals surface area contributed by atoms with Crippen molar-refractivity contribution in [2.45, 2.75) is 17.7 Å². The van der Waals surface area contributed by atoms with Crippen LogP contribution in [0, 0.1) is 0 Å². The molecule has 0 spiro atoms. The highest BCUT2D eigenvalue weighted by atomic mass is 32.2. The molecule has 0 radical (unpaired) electrons. The molecule has 0 aliphatic rings. The van der Waals surface area contributed by atoms with E-state index in [1.807, 2.05) is 11.4 Å². The highest BCUT2D eigenvalue weighted by Gasteiger charge is 2.31. The molecule has 0 atom stereocenters. The first-order valence-corrected chi connectivity index (χ1v) is 9.55. The van der Waals surface area contributed by atoms with E-state index < -0.39 is 12.3 Å². The van der Waals surface area contributed by atoms with Crippen LogP contribution in [0.5, 0.6) is 5.75 Å². The Hall–Kier alpha value is -2.73. The standard InChI is InChI=1S/C16H12F3N3O4S2/c17-16(18,19)26-10-3-1-9(2-4-10)20-15-22-21-14(25-15)13-11(5-7-28-13)27-8-6-12(23)24/h1-5,7H,6,8H2,(H,20,22)(H,23,24). The third-order valence-electron chi connectivity index (χ3n) is 3.16. The number of aliphatic carboxylic acids is 1. The van der Waals surface area contributed by atoms with E-state index in [1.54, 1.807) is 0 Å². The van der Waals surface area contributed by atoms with Gasteiger partial charge in [-0.25, -0.2) is 0 Å². The number of nitrogens with zero attached hydrogens (tertiary/aromatic N) is 2. The zero-order valence-corrected chi connectivity index (χ0v) is 15.5. The minimum absolute atomic E-state index is 0.0324. The molecule has 0 amide bonds. The molecule has 0 fully saturated rings. The normalized spacial score (nSPS) is 11.4. The summed E-state index contributed by atoms with van der Waals surface area (Å²) in [6, 6.07) is 6.97. The molecule has 0 saturated carbocycles. The van der Waals surface area contributed by atoms with E-state index >= 15 is 0 Å². The average Bonchev–Trinajstić information content (AvgIpc) is 3.24. The number of carboxylic acids is 1. The maximum Gasteiger partial charge on any atom is 0.573 e. The molecule has 2 heterocycles. The fourth-order valence-corrected chi connectivity index (χ4v) is 4.04. The molecular weight excluding hydrogens is 419 g/mol. The maximum atomic E-state index is 12.2. The third kappa shape index (κ3) is 5.63. The van der Waals surface area contributed by atoms with Gasteiger partial charge in [0.1, 0.15) is 10.6 Å². The molecule has 0 unspecified atom stereocenters. The summed E-state index contributed by atoms with van der Waals surface area (Å²) in [5.74, 6) is -0.552. The van der Waals surface area contributed by atoms with Gasteiger partial charge in [0.25, 0.3) is 5.89 Å². The van der Waals surface area contributed by atoms with Crippen LogP contribution in [-0.2, 0) is 4.79 Å². The molecule has 2 aromatic heterocycles. The molecule has 7 nitrogen and oxygen atoms in total. The van der Waals surface area contributed by atoms with Crippen LogP contribution in [-0.4, -0.2) is 33.4 Å². The lowest BCUT2D eigenvalue weighted by Crippen LogP contribution is -2.16. The summed E-state index contributed by atoms with van der Waals surface area (Å²) in [4.78, 5) is 12.2. The lowest BCUT2D eigenvalue weighted by atomic mass is 10.3. The van der Waals surface area contributed by atoms with E-state index in [1.165, 1.54) is 35.2 Å². The van der Waals surface area contributed by atoms with Crippen LogP contribution in [0.3, 0.4) is 0 Å². The van der Waals surface area contributed by atoms with Gasteiger partial charge in [-0.15, -0.1) is 41.4 Å². The van der Waals surface area contributed by atoms with Crippen LogP contribution in [0.15, 0.2) is 45.0 Å². The largest absolute Gasteiger partial charge is 0.573 e. The van der Waals surface area contributed by atoms with Crippen molar-refractivity contribution in [2.75, 3.05) is 11.1 Å². The van der Waals surface area contributed by atoms with Crippen LogP contribution < -0.4 is 10.1 Å². The van der Waals surface area contributed by atoms with Gasteiger partial charge in [0.2, 0.25) is 0 Å². The smallest absolute Gasteiger partial charge is 0.481 e. The highest BCUT2D eigenvalue weighted by Crippen LogP contribution is 2.36. The summed E-state index contributed by atoms with van der Waals surface area (Å²) in [5, 5.41) is 21.2. The number of hydrogen-bond acceptors (Lipinski definition) is 8. The summed E-state index contributed by atoms with van der Waals surface area (Å²) in [5.41, 5.74) is 0.437. The van der Waals surface area contributed by atoms with Gasteiger partial charge in [-0.1, -0.05) is 5.10 Å². The second kappa shape index (κ2) is 8.52. The average molecular weight is 431 g/mol. The summed E-state index contributed by atoms with van der Waals surface area (Å²) >= 11 is 2.74. The monoisotopic (exact) mass is 431 g/mol. The minimum atomic E-state index is -4.75. The molecule has 148 valence electrons. The van der Waals surface area contributed by atoms with Crippen molar-refractivity contribution in [3.63, 3.8) is 0 Å². The molecular formula is C16H12F3N3O4S2. The van der Waals surface area contributed by atoms with Gasteiger partial charge in [-0.2, -0.15) is 0 Å². The molecule has 3 rings (SSSR count). The van der Waals surface area contributed by atoms with Crippen molar-refractivity contribution in [2.24, 2.45) is 0 Å². The van der Waals surface area contributed by atoms with E-state index in [2.05, 4.69) is 20.3 Å². The van der Waals surface area contributed by atoms with Gasteiger partial charge < -0.3 is 19.6 Å². The van der Waals surface area contributed by atoms with Crippen LogP contribution in [0.25, 0.3) is 10.8 Å². The zero-order chi connectivity index (χ0) is 20.1. The molecule has 3 aromatic rings. The fourth-order valence-electron chi connectivity index (χ4n) is 2.04. The first-order chi connectivity index (χ1) is 13.3. The Bertz CT molecular complexity index is 941. The summed E-state index contributed by atoms with van der Waals surface area (Å²) in [6.45, 7) is 0. The molecule has 1 aromatic carbocycles. The van der Waals surface area contributed by atoms with E-state index in [0.29, 0.717) is 16.3 Å². The predicted molar refractivity (Wildman–Crippen MR) is 97.0 cm³/mol.